The molecule has 0 aliphatic heterocycles. The Morgan fingerprint density at radius 2 is 2.14 bits per heavy atom. The Bertz CT molecular complexity index is 817. The van der Waals surface area contributed by atoms with Crippen molar-refractivity contribution in [3.63, 3.8) is 0 Å². The Balaban J connectivity index is 1.37. The lowest BCUT2D eigenvalue weighted by Crippen LogP contribution is -2.59. The molecule has 0 unspecified atom stereocenters. The smallest absolute Gasteiger partial charge is 0.165 e. The summed E-state index contributed by atoms with van der Waals surface area (Å²) in [4.78, 5) is 7.56. The maximum absolute atomic E-state index is 16.9. The van der Waals surface area contributed by atoms with Gasteiger partial charge in [0.05, 0.1) is 0 Å². The molecule has 0 radical (unpaired) electrons. The Morgan fingerprint density at radius 3 is 2.93 bits per heavy atom. The fourth-order valence-electron chi connectivity index (χ4n) is 7.92. The molecule has 3 saturated carbocycles. The average Bonchev–Trinajstić information content (AvgIpc) is 3.30. The lowest BCUT2D eigenvalue weighted by Gasteiger charge is -2.60. The quantitative estimate of drug-likeness (QED) is 0.425. The molecule has 29 heavy (non-hydrogen) atoms. The third-order valence-corrected chi connectivity index (χ3v) is 10.4. The topological polar surface area (TPSA) is 28.7 Å². The van der Waals surface area contributed by atoms with Gasteiger partial charge < -0.3 is 4.98 Å². The van der Waals surface area contributed by atoms with E-state index in [1.165, 1.54) is 18.4 Å². The van der Waals surface area contributed by atoms with E-state index in [9.17, 15) is 0 Å². The average molecular weight is 415 g/mol. The summed E-state index contributed by atoms with van der Waals surface area (Å²) in [6, 6.07) is 0. The highest BCUT2D eigenvalue weighted by atomic mass is 32.2. The molecule has 4 aliphatic carbocycles. The van der Waals surface area contributed by atoms with Crippen LogP contribution in [-0.2, 0) is 0 Å². The minimum atomic E-state index is -1.06. The molecule has 1 aromatic rings. The van der Waals surface area contributed by atoms with E-state index in [1.54, 1.807) is 0 Å². The lowest BCUT2D eigenvalue weighted by molar-refractivity contribution is -0.126. The van der Waals surface area contributed by atoms with E-state index >= 15 is 4.39 Å². The molecule has 1 heterocycles. The van der Waals surface area contributed by atoms with Crippen molar-refractivity contribution in [1.29, 1.82) is 0 Å². The molecule has 5 rings (SSSR count). The number of rotatable bonds is 4. The normalized spacial score (nSPS) is 46.0. The van der Waals surface area contributed by atoms with E-state index in [0.717, 1.165) is 43.0 Å². The zero-order valence-electron chi connectivity index (χ0n) is 18.1. The molecule has 1 N–H and O–H groups in total. The number of nitrogens with zero attached hydrogens (tertiary/aromatic N) is 1. The summed E-state index contributed by atoms with van der Waals surface area (Å²) in [5.74, 6) is 3.24. The summed E-state index contributed by atoms with van der Waals surface area (Å²) in [6.07, 6.45) is 17.8. The number of aromatic amines is 1. The minimum Gasteiger partial charge on any atom is -0.340 e. The molecular weight excluding hydrogens is 379 g/mol. The standard InChI is InChI=1S/C25H35FN2S/c1-17-16-21-20-8-7-18-6-4-5-10-24(18,3)25(20,26)12-11-23(21,2)19(17)9-15-29-22-27-13-14-28-22/h5-6,10,13-14,17,19-21H,4,7-9,11-12,15-16H2,1-3H3,(H,27,28)/t17-,19+,20+,21+,23-,24+,25-/m1/s1. The minimum absolute atomic E-state index is 0.219. The second-order valence-electron chi connectivity index (χ2n) is 10.5. The van der Waals surface area contributed by atoms with Gasteiger partial charge in [0, 0.05) is 23.6 Å². The van der Waals surface area contributed by atoms with Crippen LogP contribution in [0.5, 0.6) is 0 Å². The van der Waals surface area contributed by atoms with Crippen LogP contribution < -0.4 is 0 Å². The van der Waals surface area contributed by atoms with Crippen LogP contribution in [0.1, 0.15) is 65.7 Å². The van der Waals surface area contributed by atoms with E-state index in [0.29, 0.717) is 23.2 Å². The largest absolute Gasteiger partial charge is 0.340 e. The number of H-pyrrole nitrogens is 1. The molecular formula is C25H35FN2S. The number of hydrogen-bond donors (Lipinski definition) is 1. The Morgan fingerprint density at radius 1 is 1.28 bits per heavy atom. The summed E-state index contributed by atoms with van der Waals surface area (Å²) in [6.45, 7) is 7.13. The van der Waals surface area contributed by atoms with Gasteiger partial charge in [0.15, 0.2) is 5.16 Å². The van der Waals surface area contributed by atoms with Crippen molar-refractivity contribution in [3.05, 3.63) is 36.2 Å². The van der Waals surface area contributed by atoms with Gasteiger partial charge in [0.2, 0.25) is 0 Å². The summed E-state index contributed by atoms with van der Waals surface area (Å²) < 4.78 is 16.9. The van der Waals surface area contributed by atoms with Crippen LogP contribution in [0.3, 0.4) is 0 Å². The fraction of sp³-hybridized carbons (Fsp3) is 0.720. The second kappa shape index (κ2) is 7.00. The Labute approximate surface area is 179 Å². The summed E-state index contributed by atoms with van der Waals surface area (Å²) in [5, 5.41) is 1.02. The first-order valence-electron chi connectivity index (χ1n) is 11.6. The van der Waals surface area contributed by atoms with Crippen molar-refractivity contribution in [2.75, 3.05) is 5.75 Å². The maximum Gasteiger partial charge on any atom is 0.165 e. The molecule has 158 valence electrons. The molecule has 3 fully saturated rings. The Kier molecular flexibility index (Phi) is 4.81. The number of fused-ring (bicyclic) bond motifs is 5. The summed E-state index contributed by atoms with van der Waals surface area (Å²) in [7, 11) is 0. The lowest BCUT2D eigenvalue weighted by atomic mass is 9.46. The van der Waals surface area contributed by atoms with Gasteiger partial charge in [-0.05, 0) is 81.0 Å². The van der Waals surface area contributed by atoms with Crippen molar-refractivity contribution in [2.45, 2.75) is 76.5 Å². The SMILES string of the molecule is C[C@@H]1C[C@H]2[C@@H]3CCC4=CCC=C[C@]4(C)[C@@]3(F)CC[C@]2(C)[C@H]1CCSc1ncc[nH]1. The number of nitrogens with one attached hydrogen (secondary N) is 1. The second-order valence-corrected chi connectivity index (χ2v) is 11.6. The predicted octanol–water partition coefficient (Wildman–Crippen LogP) is 6.98. The molecule has 0 aromatic carbocycles. The van der Waals surface area contributed by atoms with Crippen molar-refractivity contribution in [3.8, 4) is 0 Å². The molecule has 2 nitrogen and oxygen atoms in total. The zero-order valence-corrected chi connectivity index (χ0v) is 18.9. The predicted molar refractivity (Wildman–Crippen MR) is 119 cm³/mol. The van der Waals surface area contributed by atoms with Gasteiger partial charge in [0.1, 0.15) is 5.67 Å². The molecule has 0 bridgehead atoms. The van der Waals surface area contributed by atoms with Gasteiger partial charge >= 0.3 is 0 Å². The number of allylic oxidation sites excluding steroid dienone is 4. The van der Waals surface area contributed by atoms with Crippen LogP contribution in [0.25, 0.3) is 0 Å². The van der Waals surface area contributed by atoms with Crippen molar-refractivity contribution < 1.29 is 4.39 Å². The van der Waals surface area contributed by atoms with Crippen LogP contribution in [0.15, 0.2) is 41.4 Å². The highest BCUT2D eigenvalue weighted by Gasteiger charge is 2.66. The first-order valence-corrected chi connectivity index (χ1v) is 12.6. The van der Waals surface area contributed by atoms with E-state index < -0.39 is 5.67 Å². The van der Waals surface area contributed by atoms with Crippen molar-refractivity contribution in [1.82, 2.24) is 9.97 Å². The molecule has 0 amide bonds. The van der Waals surface area contributed by atoms with E-state index in [4.69, 9.17) is 0 Å². The summed E-state index contributed by atoms with van der Waals surface area (Å²) >= 11 is 1.83. The molecule has 1 aromatic heterocycles. The van der Waals surface area contributed by atoms with Crippen molar-refractivity contribution >= 4 is 11.8 Å². The van der Waals surface area contributed by atoms with Crippen molar-refractivity contribution in [2.24, 2.45) is 34.5 Å². The summed E-state index contributed by atoms with van der Waals surface area (Å²) in [5.41, 5.74) is 0.237. The molecule has 0 saturated heterocycles. The number of alkyl halides is 1. The monoisotopic (exact) mass is 414 g/mol. The highest BCUT2D eigenvalue weighted by molar-refractivity contribution is 7.99. The number of aromatic nitrogens is 2. The molecule has 4 heteroatoms. The van der Waals surface area contributed by atoms with Crippen LogP contribution in [0, 0.1) is 34.5 Å². The van der Waals surface area contributed by atoms with Crippen LogP contribution in [-0.4, -0.2) is 21.4 Å². The fourth-order valence-corrected chi connectivity index (χ4v) is 8.77. The first kappa shape index (κ1) is 19.9. The highest BCUT2D eigenvalue weighted by Crippen LogP contribution is 2.70. The number of imidazole rings is 1. The van der Waals surface area contributed by atoms with Crippen LogP contribution in [0.2, 0.25) is 0 Å². The third-order valence-electron chi connectivity index (χ3n) is 9.46. The van der Waals surface area contributed by atoms with Gasteiger partial charge in [-0.2, -0.15) is 0 Å². The maximum atomic E-state index is 16.9. The molecule has 4 aliphatic rings. The third kappa shape index (κ3) is 2.84. The van der Waals surface area contributed by atoms with Gasteiger partial charge in [-0.3, -0.25) is 0 Å². The zero-order chi connectivity index (χ0) is 20.3. The van der Waals surface area contributed by atoms with Crippen LogP contribution in [0.4, 0.5) is 4.39 Å². The van der Waals surface area contributed by atoms with E-state index in [-0.39, 0.29) is 11.3 Å². The van der Waals surface area contributed by atoms with Gasteiger partial charge in [-0.25, -0.2) is 9.37 Å². The van der Waals surface area contributed by atoms with Gasteiger partial charge in [-0.1, -0.05) is 49.4 Å². The number of halogens is 1. The molecule has 0 spiro atoms. The first-order chi connectivity index (χ1) is 13.9. The van der Waals surface area contributed by atoms with Gasteiger partial charge in [-0.15, -0.1) is 0 Å². The number of thioether (sulfide) groups is 1. The Hall–Kier alpha value is -1.03. The number of hydrogen-bond acceptors (Lipinski definition) is 2. The van der Waals surface area contributed by atoms with E-state index in [1.807, 2.05) is 24.2 Å². The van der Waals surface area contributed by atoms with E-state index in [2.05, 4.69) is 49.0 Å². The van der Waals surface area contributed by atoms with Crippen LogP contribution >= 0.6 is 11.8 Å². The molecule has 7 atom stereocenters. The van der Waals surface area contributed by atoms with Gasteiger partial charge in [0.25, 0.3) is 0 Å².